The molecule has 0 bridgehead atoms. The first-order valence-electron chi connectivity index (χ1n) is 3.95. The van der Waals surface area contributed by atoms with E-state index in [0.29, 0.717) is 0 Å². The predicted molar refractivity (Wildman–Crippen MR) is 44.0 cm³/mol. The van der Waals surface area contributed by atoms with E-state index in [1.807, 2.05) is 6.20 Å². The molecular weight excluding hydrogens is 122 g/mol. The summed E-state index contributed by atoms with van der Waals surface area (Å²) in [6.45, 7) is 4.51. The minimum absolute atomic E-state index is 0.804. The number of nitrogens with one attached hydrogen (secondary N) is 1. The van der Waals surface area contributed by atoms with Crippen LogP contribution in [0, 0.1) is 5.92 Å². The highest BCUT2D eigenvalue weighted by atomic mass is 14.7. The van der Waals surface area contributed by atoms with Crippen molar-refractivity contribution in [3.8, 4) is 0 Å². The largest absolute Gasteiger partial charge is 0.365 e. The Hall–Kier alpha value is -0.720. The molecule has 1 heterocycles. The van der Waals surface area contributed by atoms with Crippen LogP contribution in [0.2, 0.25) is 0 Å². The third kappa shape index (κ3) is 1.90. The van der Waals surface area contributed by atoms with Gasteiger partial charge >= 0.3 is 0 Å². The molecule has 1 rings (SSSR count). The molecule has 0 aromatic carbocycles. The highest BCUT2D eigenvalue weighted by Crippen LogP contribution is 2.08. The topological polar surface area (TPSA) is 15.8 Å². The first kappa shape index (κ1) is 7.39. The van der Waals surface area contributed by atoms with E-state index in [4.69, 9.17) is 0 Å². The molecule has 1 unspecified atom stereocenters. The van der Waals surface area contributed by atoms with E-state index in [9.17, 15) is 0 Å². The van der Waals surface area contributed by atoms with E-state index < -0.39 is 0 Å². The number of aromatic amines is 1. The van der Waals surface area contributed by atoms with Crippen molar-refractivity contribution >= 4 is 0 Å². The molecule has 1 atom stereocenters. The molecule has 1 heteroatoms. The molecule has 1 N–H and O–H groups in total. The molecule has 0 radical (unpaired) electrons. The highest BCUT2D eigenvalue weighted by Gasteiger charge is 1.99. The lowest BCUT2D eigenvalue weighted by Gasteiger charge is -2.04. The van der Waals surface area contributed by atoms with Crippen LogP contribution in [0.15, 0.2) is 18.3 Å². The van der Waals surface area contributed by atoms with Crippen LogP contribution in [0.1, 0.15) is 26.0 Å². The van der Waals surface area contributed by atoms with E-state index in [-0.39, 0.29) is 0 Å². The van der Waals surface area contributed by atoms with Crippen molar-refractivity contribution in [1.82, 2.24) is 4.98 Å². The lowest BCUT2D eigenvalue weighted by molar-refractivity contribution is 0.554. The number of hydrogen-bond donors (Lipinski definition) is 1. The molecule has 0 saturated heterocycles. The van der Waals surface area contributed by atoms with Crippen molar-refractivity contribution in [2.75, 3.05) is 0 Å². The fourth-order valence-corrected chi connectivity index (χ4v) is 1.01. The Morgan fingerprint density at radius 3 is 2.90 bits per heavy atom. The zero-order valence-corrected chi connectivity index (χ0v) is 6.72. The Morgan fingerprint density at radius 1 is 1.60 bits per heavy atom. The summed E-state index contributed by atoms with van der Waals surface area (Å²) in [6, 6.07) is 4.20. The molecule has 0 aliphatic carbocycles. The maximum Gasteiger partial charge on any atom is 0.0149 e. The Balaban J connectivity index is 2.40. The second kappa shape index (κ2) is 3.45. The summed E-state index contributed by atoms with van der Waals surface area (Å²) in [4.78, 5) is 3.20. The smallest absolute Gasteiger partial charge is 0.0149 e. The van der Waals surface area contributed by atoms with E-state index >= 15 is 0 Å². The summed E-state index contributed by atoms with van der Waals surface area (Å²) in [5, 5.41) is 0. The van der Waals surface area contributed by atoms with Gasteiger partial charge in [-0.2, -0.15) is 0 Å². The fraction of sp³-hybridized carbons (Fsp3) is 0.556. The lowest BCUT2D eigenvalue weighted by Crippen LogP contribution is -1.97. The Bertz CT molecular complexity index is 165. The Kier molecular flexibility index (Phi) is 2.55. The number of rotatable bonds is 3. The van der Waals surface area contributed by atoms with Crippen LogP contribution in [-0.4, -0.2) is 4.98 Å². The molecule has 0 saturated carbocycles. The number of aromatic nitrogens is 1. The van der Waals surface area contributed by atoms with Gasteiger partial charge in [0, 0.05) is 11.9 Å². The molecule has 1 nitrogen and oxygen atoms in total. The highest BCUT2D eigenvalue weighted by molar-refractivity contribution is 5.03. The van der Waals surface area contributed by atoms with E-state index in [1.54, 1.807) is 0 Å². The van der Waals surface area contributed by atoms with Gasteiger partial charge in [-0.15, -0.1) is 0 Å². The van der Waals surface area contributed by atoms with Gasteiger partial charge in [-0.05, 0) is 24.5 Å². The fourth-order valence-electron chi connectivity index (χ4n) is 1.01. The van der Waals surface area contributed by atoms with Crippen molar-refractivity contribution in [2.24, 2.45) is 5.92 Å². The maximum atomic E-state index is 3.20. The van der Waals surface area contributed by atoms with Gasteiger partial charge in [0.25, 0.3) is 0 Å². The number of hydrogen-bond acceptors (Lipinski definition) is 0. The first-order chi connectivity index (χ1) is 4.83. The standard InChI is InChI=1S/C9H15N/c1-3-8(2)7-9-5-4-6-10-9/h4-6,8,10H,3,7H2,1-2H3. The molecule has 0 aliphatic rings. The maximum absolute atomic E-state index is 3.20. The average molecular weight is 137 g/mol. The summed E-state index contributed by atoms with van der Waals surface area (Å²) in [5.74, 6) is 0.804. The molecule has 0 fully saturated rings. The van der Waals surface area contributed by atoms with E-state index in [2.05, 4.69) is 31.0 Å². The number of H-pyrrole nitrogens is 1. The van der Waals surface area contributed by atoms with E-state index in [1.165, 1.54) is 18.5 Å². The van der Waals surface area contributed by atoms with Gasteiger partial charge in [-0.1, -0.05) is 20.3 Å². The molecule has 10 heavy (non-hydrogen) atoms. The molecular formula is C9H15N. The zero-order chi connectivity index (χ0) is 7.40. The molecule has 56 valence electrons. The van der Waals surface area contributed by atoms with Gasteiger partial charge in [0.05, 0.1) is 0 Å². The van der Waals surface area contributed by atoms with Crippen molar-refractivity contribution in [2.45, 2.75) is 26.7 Å². The molecule has 0 aliphatic heterocycles. The normalized spacial score (nSPS) is 13.4. The second-order valence-corrected chi connectivity index (χ2v) is 2.91. The van der Waals surface area contributed by atoms with Gasteiger partial charge in [0.2, 0.25) is 0 Å². The summed E-state index contributed by atoms with van der Waals surface area (Å²) in [5.41, 5.74) is 1.36. The van der Waals surface area contributed by atoms with Crippen LogP contribution in [-0.2, 0) is 6.42 Å². The van der Waals surface area contributed by atoms with Crippen LogP contribution in [0.5, 0.6) is 0 Å². The third-order valence-corrected chi connectivity index (χ3v) is 1.93. The van der Waals surface area contributed by atoms with E-state index in [0.717, 1.165) is 5.92 Å². The van der Waals surface area contributed by atoms with Crippen LogP contribution in [0.25, 0.3) is 0 Å². The first-order valence-corrected chi connectivity index (χ1v) is 3.95. The molecule has 0 amide bonds. The Morgan fingerprint density at radius 2 is 2.40 bits per heavy atom. The minimum atomic E-state index is 0.804. The predicted octanol–water partition coefficient (Wildman–Crippen LogP) is 2.60. The van der Waals surface area contributed by atoms with Gasteiger partial charge in [-0.25, -0.2) is 0 Å². The SMILES string of the molecule is CCC(C)Cc1ccc[nH]1. The summed E-state index contributed by atoms with van der Waals surface area (Å²) in [6.07, 6.45) is 4.43. The van der Waals surface area contributed by atoms with Gasteiger partial charge in [0.15, 0.2) is 0 Å². The second-order valence-electron chi connectivity index (χ2n) is 2.91. The third-order valence-electron chi connectivity index (χ3n) is 1.93. The van der Waals surface area contributed by atoms with Crippen LogP contribution < -0.4 is 0 Å². The van der Waals surface area contributed by atoms with Crippen LogP contribution in [0.3, 0.4) is 0 Å². The van der Waals surface area contributed by atoms with Crippen LogP contribution in [0.4, 0.5) is 0 Å². The average Bonchev–Trinajstić information content (AvgIpc) is 2.40. The van der Waals surface area contributed by atoms with Crippen molar-refractivity contribution < 1.29 is 0 Å². The van der Waals surface area contributed by atoms with Gasteiger partial charge in [0.1, 0.15) is 0 Å². The minimum Gasteiger partial charge on any atom is -0.365 e. The van der Waals surface area contributed by atoms with Gasteiger partial charge in [-0.3, -0.25) is 0 Å². The monoisotopic (exact) mass is 137 g/mol. The van der Waals surface area contributed by atoms with Gasteiger partial charge < -0.3 is 4.98 Å². The van der Waals surface area contributed by atoms with Crippen molar-refractivity contribution in [3.05, 3.63) is 24.0 Å². The molecule has 1 aromatic heterocycles. The zero-order valence-electron chi connectivity index (χ0n) is 6.72. The van der Waals surface area contributed by atoms with Crippen LogP contribution >= 0.6 is 0 Å². The summed E-state index contributed by atoms with van der Waals surface area (Å²) < 4.78 is 0. The lowest BCUT2D eigenvalue weighted by atomic mass is 10.0. The summed E-state index contributed by atoms with van der Waals surface area (Å²) in [7, 11) is 0. The molecule has 0 spiro atoms. The quantitative estimate of drug-likeness (QED) is 0.659. The van der Waals surface area contributed by atoms with Crippen molar-refractivity contribution in [1.29, 1.82) is 0 Å². The molecule has 1 aromatic rings. The summed E-state index contributed by atoms with van der Waals surface area (Å²) >= 11 is 0. The Labute approximate surface area is 62.5 Å². The van der Waals surface area contributed by atoms with Crippen molar-refractivity contribution in [3.63, 3.8) is 0 Å².